The fourth-order valence-corrected chi connectivity index (χ4v) is 4.94. The molecule has 5 atom stereocenters. The molecule has 4 heteroatoms. The van der Waals surface area contributed by atoms with Crippen molar-refractivity contribution in [1.82, 2.24) is 9.88 Å². The largest absolute Gasteiger partial charge is 0.497 e. The Balaban J connectivity index is 1.73. The normalized spacial score (nSPS) is 26.9. The van der Waals surface area contributed by atoms with Crippen LogP contribution in [0.4, 0.5) is 0 Å². The van der Waals surface area contributed by atoms with E-state index in [2.05, 4.69) is 54.6 Å². The summed E-state index contributed by atoms with van der Waals surface area (Å²) in [4.78, 5) is 7.19. The zero-order valence-corrected chi connectivity index (χ0v) is 17.8. The zero-order valence-electron chi connectivity index (χ0n) is 17.8. The van der Waals surface area contributed by atoms with Crippen LogP contribution in [0.2, 0.25) is 0 Å². The molecule has 3 saturated heterocycles. The lowest BCUT2D eigenvalue weighted by atomic mass is 9.73. The van der Waals surface area contributed by atoms with Crippen LogP contribution in [0.5, 0.6) is 5.75 Å². The third-order valence-corrected chi connectivity index (χ3v) is 6.56. The first-order chi connectivity index (χ1) is 14.1. The number of hydrogen-bond acceptors (Lipinski definition) is 4. The molecule has 4 heterocycles. The number of allylic oxidation sites excluding steroid dienone is 1. The first-order valence-electron chi connectivity index (χ1n) is 10.6. The van der Waals surface area contributed by atoms with E-state index in [1.54, 1.807) is 7.11 Å². The maximum absolute atomic E-state index is 6.57. The van der Waals surface area contributed by atoms with Crippen LogP contribution in [0.25, 0.3) is 10.9 Å². The fourth-order valence-electron chi connectivity index (χ4n) is 4.94. The second kappa shape index (κ2) is 8.68. The van der Waals surface area contributed by atoms with Crippen LogP contribution in [-0.2, 0) is 4.74 Å². The summed E-state index contributed by atoms with van der Waals surface area (Å²) < 4.78 is 12.1. The molecule has 29 heavy (non-hydrogen) atoms. The van der Waals surface area contributed by atoms with Crippen molar-refractivity contribution < 1.29 is 9.47 Å². The van der Waals surface area contributed by atoms with Crippen LogP contribution in [0, 0.1) is 11.8 Å². The van der Waals surface area contributed by atoms with E-state index in [1.807, 2.05) is 18.3 Å². The Morgan fingerprint density at radius 1 is 1.34 bits per heavy atom. The highest BCUT2D eigenvalue weighted by atomic mass is 16.5. The summed E-state index contributed by atoms with van der Waals surface area (Å²) in [6, 6.07) is 8.61. The van der Waals surface area contributed by atoms with Gasteiger partial charge in [-0.1, -0.05) is 17.7 Å². The third-order valence-electron chi connectivity index (χ3n) is 6.56. The van der Waals surface area contributed by atoms with Crippen LogP contribution in [-0.4, -0.2) is 42.7 Å². The molecule has 0 radical (unpaired) electrons. The first kappa shape index (κ1) is 20.1. The van der Waals surface area contributed by atoms with E-state index in [0.717, 1.165) is 36.2 Å². The number of aromatic nitrogens is 1. The summed E-state index contributed by atoms with van der Waals surface area (Å²) in [6.45, 7) is 11.2. The number of methoxy groups -OCH3 is 1. The molecule has 1 aromatic heterocycles. The SMILES string of the molecule is C=C[C@H]1CN2CC[C@H]1C[C@H]2[C@H](OCC=C(C)C)c1ccnc2ccc(OC)cc12. The summed E-state index contributed by atoms with van der Waals surface area (Å²) in [5.41, 5.74) is 3.48. The lowest BCUT2D eigenvalue weighted by Gasteiger charge is -2.51. The fraction of sp³-hybridized carbons (Fsp3) is 0.480. The van der Waals surface area contributed by atoms with Crippen molar-refractivity contribution in [3.05, 3.63) is 60.3 Å². The predicted molar refractivity (Wildman–Crippen MR) is 118 cm³/mol. The smallest absolute Gasteiger partial charge is 0.119 e. The van der Waals surface area contributed by atoms with Crippen molar-refractivity contribution in [2.24, 2.45) is 11.8 Å². The molecule has 0 aliphatic carbocycles. The molecule has 0 amide bonds. The van der Waals surface area contributed by atoms with E-state index in [4.69, 9.17) is 9.47 Å². The van der Waals surface area contributed by atoms with Gasteiger partial charge in [-0.2, -0.15) is 0 Å². The van der Waals surface area contributed by atoms with Crippen LogP contribution in [0.1, 0.15) is 38.4 Å². The quantitative estimate of drug-likeness (QED) is 0.609. The van der Waals surface area contributed by atoms with Gasteiger partial charge in [0.25, 0.3) is 0 Å². The van der Waals surface area contributed by atoms with Gasteiger partial charge in [-0.3, -0.25) is 9.88 Å². The second-order valence-corrected chi connectivity index (χ2v) is 8.56. The zero-order chi connectivity index (χ0) is 20.4. The van der Waals surface area contributed by atoms with Gasteiger partial charge in [0, 0.05) is 24.2 Å². The van der Waals surface area contributed by atoms with Crippen LogP contribution in [0.15, 0.2) is 54.8 Å². The van der Waals surface area contributed by atoms with Gasteiger partial charge in [0.2, 0.25) is 0 Å². The van der Waals surface area contributed by atoms with E-state index in [0.29, 0.717) is 24.5 Å². The topological polar surface area (TPSA) is 34.6 Å². The molecule has 2 bridgehead atoms. The molecule has 154 valence electrons. The maximum Gasteiger partial charge on any atom is 0.119 e. The van der Waals surface area contributed by atoms with Crippen LogP contribution >= 0.6 is 0 Å². The third kappa shape index (κ3) is 4.10. The molecule has 4 nitrogen and oxygen atoms in total. The van der Waals surface area contributed by atoms with E-state index < -0.39 is 0 Å². The van der Waals surface area contributed by atoms with Crippen molar-refractivity contribution in [2.45, 2.75) is 38.8 Å². The lowest BCUT2D eigenvalue weighted by Crippen LogP contribution is -2.55. The Morgan fingerprint density at radius 2 is 2.21 bits per heavy atom. The number of hydrogen-bond donors (Lipinski definition) is 0. The molecule has 0 saturated carbocycles. The Bertz CT molecular complexity index is 903. The minimum atomic E-state index is 0.0109. The molecular weight excluding hydrogens is 360 g/mol. The molecule has 5 rings (SSSR count). The molecule has 0 spiro atoms. The lowest BCUT2D eigenvalue weighted by molar-refractivity contribution is -0.0685. The summed E-state index contributed by atoms with van der Waals surface area (Å²) >= 11 is 0. The number of ether oxygens (including phenoxy) is 2. The van der Waals surface area contributed by atoms with E-state index >= 15 is 0 Å². The number of pyridine rings is 1. The summed E-state index contributed by atoms with van der Waals surface area (Å²) in [7, 11) is 1.71. The minimum Gasteiger partial charge on any atom is -0.497 e. The molecule has 2 aromatic rings. The number of nitrogens with zero attached hydrogens (tertiary/aromatic N) is 2. The summed E-state index contributed by atoms with van der Waals surface area (Å²) in [5.74, 6) is 2.17. The Kier molecular flexibility index (Phi) is 6.02. The standard InChI is InChI=1S/C25H32N2O2/c1-5-18-16-27-12-9-19(18)14-24(27)25(29-13-10-17(2)3)21-8-11-26-23-7-6-20(28-4)15-22(21)23/h5-8,10-11,15,18-19,24-25H,1,9,12-14,16H2,2-4H3/t18-,19-,24-,25+/m0/s1. The predicted octanol–water partition coefficient (Wildman–Crippen LogP) is 5.16. The highest BCUT2D eigenvalue weighted by Gasteiger charge is 2.43. The summed E-state index contributed by atoms with van der Waals surface area (Å²) in [5, 5.41) is 1.12. The van der Waals surface area contributed by atoms with E-state index in [1.165, 1.54) is 17.6 Å². The van der Waals surface area contributed by atoms with Gasteiger partial charge in [-0.15, -0.1) is 6.58 Å². The van der Waals surface area contributed by atoms with Crippen molar-refractivity contribution in [3.8, 4) is 5.75 Å². The van der Waals surface area contributed by atoms with E-state index in [9.17, 15) is 0 Å². The van der Waals surface area contributed by atoms with Gasteiger partial charge >= 0.3 is 0 Å². The monoisotopic (exact) mass is 392 g/mol. The average molecular weight is 393 g/mol. The molecule has 1 unspecified atom stereocenters. The van der Waals surface area contributed by atoms with Gasteiger partial charge in [0.15, 0.2) is 0 Å². The molecule has 0 N–H and O–H groups in total. The Labute approximate surface area is 174 Å². The number of fused-ring (bicyclic) bond motifs is 4. The number of rotatable bonds is 7. The molecule has 3 fully saturated rings. The first-order valence-corrected chi connectivity index (χ1v) is 10.6. The molecule has 3 aliphatic rings. The molecular formula is C25H32N2O2. The number of piperidine rings is 3. The van der Waals surface area contributed by atoms with Crippen molar-refractivity contribution in [2.75, 3.05) is 26.8 Å². The van der Waals surface area contributed by atoms with Gasteiger partial charge in [0.1, 0.15) is 5.75 Å². The van der Waals surface area contributed by atoms with Crippen molar-refractivity contribution >= 4 is 10.9 Å². The van der Waals surface area contributed by atoms with Gasteiger partial charge in [0.05, 0.1) is 25.3 Å². The minimum absolute atomic E-state index is 0.0109. The second-order valence-electron chi connectivity index (χ2n) is 8.56. The Hall–Kier alpha value is -2.17. The highest BCUT2D eigenvalue weighted by molar-refractivity contribution is 5.84. The van der Waals surface area contributed by atoms with Crippen molar-refractivity contribution in [3.63, 3.8) is 0 Å². The van der Waals surface area contributed by atoms with Gasteiger partial charge < -0.3 is 9.47 Å². The van der Waals surface area contributed by atoms with Gasteiger partial charge in [-0.05, 0) is 74.9 Å². The van der Waals surface area contributed by atoms with E-state index in [-0.39, 0.29) is 6.10 Å². The van der Waals surface area contributed by atoms with Crippen LogP contribution in [0.3, 0.4) is 0 Å². The van der Waals surface area contributed by atoms with Crippen molar-refractivity contribution in [1.29, 1.82) is 0 Å². The Morgan fingerprint density at radius 3 is 2.90 bits per heavy atom. The van der Waals surface area contributed by atoms with Crippen LogP contribution < -0.4 is 4.74 Å². The summed E-state index contributed by atoms with van der Waals surface area (Å²) in [6.07, 6.45) is 8.66. The average Bonchev–Trinajstić information content (AvgIpc) is 2.76. The number of benzene rings is 1. The highest BCUT2D eigenvalue weighted by Crippen LogP contribution is 2.43. The molecule has 3 aliphatic heterocycles. The maximum atomic E-state index is 6.57. The molecule has 1 aromatic carbocycles. The van der Waals surface area contributed by atoms with Gasteiger partial charge in [-0.25, -0.2) is 0 Å².